The van der Waals surface area contributed by atoms with Gasteiger partial charge in [0.2, 0.25) is 5.91 Å². The molecule has 100 valence electrons. The number of carbonyl (C=O) groups is 1. The van der Waals surface area contributed by atoms with E-state index in [0.717, 1.165) is 36.6 Å². The largest absolute Gasteiger partial charge is 0.378 e. The summed E-state index contributed by atoms with van der Waals surface area (Å²) in [7, 11) is 0. The summed E-state index contributed by atoms with van der Waals surface area (Å²) in [4.78, 5) is 12.2. The summed E-state index contributed by atoms with van der Waals surface area (Å²) >= 11 is 0. The van der Waals surface area contributed by atoms with Crippen LogP contribution in [-0.4, -0.2) is 23.8 Å². The van der Waals surface area contributed by atoms with Gasteiger partial charge in [-0.25, -0.2) is 0 Å². The zero-order valence-corrected chi connectivity index (χ0v) is 11.2. The number of nitrogens with zero attached hydrogens (tertiary/aromatic N) is 1. The van der Waals surface area contributed by atoms with E-state index in [0.29, 0.717) is 6.42 Å². The fourth-order valence-electron chi connectivity index (χ4n) is 2.30. The second-order valence-corrected chi connectivity index (χ2v) is 4.73. The minimum atomic E-state index is -0.0854. The number of nitrogens with one attached hydrogen (secondary N) is 1. The van der Waals surface area contributed by atoms with Crippen LogP contribution < -0.4 is 5.32 Å². The van der Waals surface area contributed by atoms with Crippen molar-refractivity contribution in [2.45, 2.75) is 46.1 Å². The molecule has 0 aromatic carbocycles. The normalized spacial score (nSPS) is 23.9. The molecule has 1 aromatic rings. The van der Waals surface area contributed by atoms with Crippen LogP contribution in [0.15, 0.2) is 4.52 Å². The zero-order valence-electron chi connectivity index (χ0n) is 11.2. The van der Waals surface area contributed by atoms with Crippen molar-refractivity contribution in [3.63, 3.8) is 0 Å². The molecule has 18 heavy (non-hydrogen) atoms. The van der Waals surface area contributed by atoms with Gasteiger partial charge in [0.25, 0.3) is 0 Å². The van der Waals surface area contributed by atoms with Crippen molar-refractivity contribution >= 4 is 11.6 Å². The highest BCUT2D eigenvalue weighted by Gasteiger charge is 2.29. The average Bonchev–Trinajstić information content (AvgIpc) is 2.71. The monoisotopic (exact) mass is 252 g/mol. The van der Waals surface area contributed by atoms with Crippen molar-refractivity contribution in [2.75, 3.05) is 11.9 Å². The van der Waals surface area contributed by atoms with Gasteiger partial charge >= 0.3 is 0 Å². The van der Waals surface area contributed by atoms with Crippen molar-refractivity contribution in [1.29, 1.82) is 0 Å². The molecule has 1 N–H and O–H groups in total. The summed E-state index contributed by atoms with van der Waals surface area (Å²) in [5.41, 5.74) is 1.45. The summed E-state index contributed by atoms with van der Waals surface area (Å²) in [6, 6.07) is 0. The highest BCUT2D eigenvalue weighted by molar-refractivity contribution is 5.93. The van der Waals surface area contributed by atoms with E-state index in [1.807, 2.05) is 20.8 Å². The molecule has 2 rings (SSSR count). The Morgan fingerprint density at radius 3 is 3.00 bits per heavy atom. The Labute approximate surface area is 107 Å². The zero-order chi connectivity index (χ0) is 13.1. The first-order chi connectivity index (χ1) is 8.63. The van der Waals surface area contributed by atoms with Gasteiger partial charge in [0.05, 0.1) is 12.0 Å². The first kappa shape index (κ1) is 13.1. The summed E-state index contributed by atoms with van der Waals surface area (Å²) in [5.74, 6) is 0.645. The molecule has 0 bridgehead atoms. The number of amides is 1. The third-order valence-electron chi connectivity index (χ3n) is 3.45. The number of aromatic nitrogens is 1. The van der Waals surface area contributed by atoms with Gasteiger partial charge < -0.3 is 14.6 Å². The number of hydrogen-bond acceptors (Lipinski definition) is 4. The molecule has 2 atom stereocenters. The lowest BCUT2D eigenvalue weighted by Crippen LogP contribution is -2.36. The number of rotatable bonds is 3. The molecule has 1 aromatic heterocycles. The van der Waals surface area contributed by atoms with E-state index in [2.05, 4.69) is 10.5 Å². The SMILES string of the molecule is CCc1onc(C)c1NC(=O)[C@@H]1CCCO[C@@H]1C. The lowest BCUT2D eigenvalue weighted by atomic mass is 9.94. The highest BCUT2D eigenvalue weighted by Crippen LogP contribution is 2.25. The van der Waals surface area contributed by atoms with Crippen molar-refractivity contribution < 1.29 is 14.1 Å². The summed E-state index contributed by atoms with van der Waals surface area (Å²) in [6.45, 7) is 6.50. The third kappa shape index (κ3) is 2.56. The molecule has 2 heterocycles. The predicted octanol–water partition coefficient (Wildman–Crippen LogP) is 2.30. The van der Waals surface area contributed by atoms with Crippen LogP contribution in [0.3, 0.4) is 0 Å². The van der Waals surface area contributed by atoms with Gasteiger partial charge in [-0.1, -0.05) is 12.1 Å². The van der Waals surface area contributed by atoms with Gasteiger partial charge in [-0.05, 0) is 26.7 Å². The molecular formula is C13H20N2O3. The van der Waals surface area contributed by atoms with Crippen LogP contribution in [0.1, 0.15) is 38.1 Å². The maximum absolute atomic E-state index is 12.2. The van der Waals surface area contributed by atoms with Crippen LogP contribution in [0, 0.1) is 12.8 Å². The predicted molar refractivity (Wildman–Crippen MR) is 67.4 cm³/mol. The molecule has 1 amide bonds. The first-order valence-electron chi connectivity index (χ1n) is 6.51. The fourth-order valence-corrected chi connectivity index (χ4v) is 2.30. The minimum Gasteiger partial charge on any atom is -0.378 e. The smallest absolute Gasteiger partial charge is 0.230 e. The number of carbonyl (C=O) groups excluding carboxylic acids is 1. The fraction of sp³-hybridized carbons (Fsp3) is 0.692. The Balaban J connectivity index is 2.08. The van der Waals surface area contributed by atoms with Gasteiger partial charge in [-0.3, -0.25) is 4.79 Å². The molecule has 0 spiro atoms. The van der Waals surface area contributed by atoms with Crippen molar-refractivity contribution in [3.8, 4) is 0 Å². The Hall–Kier alpha value is -1.36. The molecular weight excluding hydrogens is 232 g/mol. The van der Waals surface area contributed by atoms with E-state index in [9.17, 15) is 4.79 Å². The lowest BCUT2D eigenvalue weighted by molar-refractivity contribution is -0.127. The van der Waals surface area contributed by atoms with E-state index in [1.165, 1.54) is 0 Å². The Morgan fingerprint density at radius 1 is 1.56 bits per heavy atom. The van der Waals surface area contributed by atoms with Crippen LogP contribution in [-0.2, 0) is 16.0 Å². The molecule has 1 saturated heterocycles. The maximum atomic E-state index is 12.2. The first-order valence-corrected chi connectivity index (χ1v) is 6.51. The number of aryl methyl sites for hydroxylation is 2. The van der Waals surface area contributed by atoms with Gasteiger partial charge in [0.1, 0.15) is 11.4 Å². The molecule has 0 aliphatic carbocycles. The van der Waals surface area contributed by atoms with Gasteiger partial charge in [0, 0.05) is 13.0 Å². The minimum absolute atomic E-state index is 0.00296. The third-order valence-corrected chi connectivity index (χ3v) is 3.45. The van der Waals surface area contributed by atoms with Crippen molar-refractivity contribution in [3.05, 3.63) is 11.5 Å². The Bertz CT molecular complexity index is 428. The molecule has 1 fully saturated rings. The molecule has 5 heteroatoms. The van der Waals surface area contributed by atoms with Crippen molar-refractivity contribution in [1.82, 2.24) is 5.16 Å². The van der Waals surface area contributed by atoms with Gasteiger partial charge in [0.15, 0.2) is 5.76 Å². The number of ether oxygens (including phenoxy) is 1. The summed E-state index contributed by atoms with van der Waals surface area (Å²) < 4.78 is 10.7. The molecule has 1 aliphatic rings. The number of hydrogen-bond donors (Lipinski definition) is 1. The lowest BCUT2D eigenvalue weighted by Gasteiger charge is -2.27. The van der Waals surface area contributed by atoms with Crippen LogP contribution in [0.4, 0.5) is 5.69 Å². The average molecular weight is 252 g/mol. The second kappa shape index (κ2) is 5.52. The Kier molecular flexibility index (Phi) is 4.01. The Morgan fingerprint density at radius 2 is 2.33 bits per heavy atom. The van der Waals surface area contributed by atoms with E-state index in [4.69, 9.17) is 9.26 Å². The maximum Gasteiger partial charge on any atom is 0.230 e. The molecule has 5 nitrogen and oxygen atoms in total. The van der Waals surface area contributed by atoms with E-state index in [-0.39, 0.29) is 17.9 Å². The summed E-state index contributed by atoms with van der Waals surface area (Å²) in [6.07, 6.45) is 2.50. The molecule has 0 saturated carbocycles. The van der Waals surface area contributed by atoms with E-state index < -0.39 is 0 Å². The van der Waals surface area contributed by atoms with E-state index >= 15 is 0 Å². The van der Waals surface area contributed by atoms with Crippen LogP contribution in [0.2, 0.25) is 0 Å². The molecule has 1 aliphatic heterocycles. The highest BCUT2D eigenvalue weighted by atomic mass is 16.5. The van der Waals surface area contributed by atoms with Crippen molar-refractivity contribution in [2.24, 2.45) is 5.92 Å². The van der Waals surface area contributed by atoms with Crippen LogP contribution in [0.25, 0.3) is 0 Å². The quantitative estimate of drug-likeness (QED) is 0.896. The van der Waals surface area contributed by atoms with E-state index in [1.54, 1.807) is 0 Å². The van der Waals surface area contributed by atoms with Gasteiger partial charge in [-0.2, -0.15) is 0 Å². The standard InChI is InChI=1S/C13H20N2O3/c1-4-11-12(8(2)15-18-11)14-13(16)10-6-5-7-17-9(10)3/h9-10H,4-7H2,1-3H3,(H,14,16)/t9-,10-/m1/s1. The number of anilines is 1. The topological polar surface area (TPSA) is 64.4 Å². The summed E-state index contributed by atoms with van der Waals surface area (Å²) in [5, 5.41) is 6.82. The van der Waals surface area contributed by atoms with Crippen LogP contribution in [0.5, 0.6) is 0 Å². The second-order valence-electron chi connectivity index (χ2n) is 4.73. The molecule has 0 radical (unpaired) electrons. The molecule has 0 unspecified atom stereocenters. The van der Waals surface area contributed by atoms with Gasteiger partial charge in [-0.15, -0.1) is 0 Å². The van der Waals surface area contributed by atoms with Crippen LogP contribution >= 0.6 is 0 Å².